The highest BCUT2D eigenvalue weighted by Crippen LogP contribution is 2.36. The number of allylic oxidation sites excluding steroid dienone is 7. The summed E-state index contributed by atoms with van der Waals surface area (Å²) in [6.45, 7) is 1.48. The van der Waals surface area contributed by atoms with Gasteiger partial charge < -0.3 is 22.4 Å². The smallest absolute Gasteiger partial charge is 0.627 e. The Morgan fingerprint density at radius 2 is 1.76 bits per heavy atom. The first-order chi connectivity index (χ1) is 11.7. The first-order valence-electron chi connectivity index (χ1n) is 7.61. The van der Waals surface area contributed by atoms with Crippen molar-refractivity contribution < 1.29 is 26.9 Å². The molecule has 0 fully saturated rings. The highest BCUT2D eigenvalue weighted by molar-refractivity contribution is 6.54. The van der Waals surface area contributed by atoms with Crippen LogP contribution in [0.4, 0.5) is 8.63 Å². The van der Waals surface area contributed by atoms with Crippen molar-refractivity contribution in [3.8, 4) is 5.75 Å². The lowest BCUT2D eigenvalue weighted by Gasteiger charge is -2.35. The van der Waals surface area contributed by atoms with Crippen molar-refractivity contribution in [1.82, 2.24) is 0 Å². The third kappa shape index (κ3) is 3.62. The highest BCUT2D eigenvalue weighted by atomic mass is 19.3. The number of rotatable bonds is 1. The molecular formula is C17H16BF2NO4. The SMILES string of the molecule is Cc1cc2c(c(=O)o1)C(=CC=C1C=CC(=[N+](C)C)C=C1)O[B-](F)(F)O2. The predicted molar refractivity (Wildman–Crippen MR) is 90.9 cm³/mol. The zero-order valence-corrected chi connectivity index (χ0v) is 14.0. The van der Waals surface area contributed by atoms with Crippen LogP contribution in [0.5, 0.6) is 5.75 Å². The summed E-state index contributed by atoms with van der Waals surface area (Å²) in [6.07, 6.45) is 10.3. The summed E-state index contributed by atoms with van der Waals surface area (Å²) in [7, 11) is -0.716. The minimum atomic E-state index is -4.55. The largest absolute Gasteiger partial charge is 0.725 e. The molecule has 0 aromatic carbocycles. The molecule has 2 heterocycles. The van der Waals surface area contributed by atoms with E-state index in [-0.39, 0.29) is 22.8 Å². The number of halogens is 2. The molecule has 1 aliphatic carbocycles. The molecule has 1 aromatic heterocycles. The lowest BCUT2D eigenvalue weighted by molar-refractivity contribution is -0.462. The molecule has 0 N–H and O–H groups in total. The van der Waals surface area contributed by atoms with Crippen LogP contribution in [0, 0.1) is 6.92 Å². The monoisotopic (exact) mass is 347 g/mol. The average molecular weight is 347 g/mol. The molecule has 8 heteroatoms. The lowest BCUT2D eigenvalue weighted by atomic mass is 10.0. The molecule has 0 amide bonds. The second-order valence-electron chi connectivity index (χ2n) is 5.84. The normalized spacial score (nSPS) is 19.3. The molecule has 1 aliphatic heterocycles. The van der Waals surface area contributed by atoms with Crippen LogP contribution in [0.1, 0.15) is 11.3 Å². The Balaban J connectivity index is 2.01. The van der Waals surface area contributed by atoms with Gasteiger partial charge in [0.15, 0.2) is 5.71 Å². The van der Waals surface area contributed by atoms with Crippen LogP contribution in [0.15, 0.2) is 57.3 Å². The molecule has 0 saturated heterocycles. The zero-order chi connectivity index (χ0) is 18.2. The van der Waals surface area contributed by atoms with Crippen LogP contribution < -0.4 is 10.3 Å². The Morgan fingerprint density at radius 1 is 1.08 bits per heavy atom. The fourth-order valence-corrected chi connectivity index (χ4v) is 2.46. The Labute approximate surface area is 142 Å². The van der Waals surface area contributed by atoms with Crippen molar-refractivity contribution in [2.75, 3.05) is 14.1 Å². The van der Waals surface area contributed by atoms with Crippen molar-refractivity contribution in [2.24, 2.45) is 0 Å². The van der Waals surface area contributed by atoms with Gasteiger partial charge in [-0.25, -0.2) is 9.37 Å². The van der Waals surface area contributed by atoms with Gasteiger partial charge in [-0.05, 0) is 30.7 Å². The number of aryl methyl sites for hydroxylation is 1. The molecule has 1 aromatic rings. The second-order valence-corrected chi connectivity index (χ2v) is 5.84. The molecule has 0 unspecified atom stereocenters. The number of hydrogen-bond acceptors (Lipinski definition) is 4. The number of fused-ring (bicyclic) bond motifs is 1. The second kappa shape index (κ2) is 6.20. The third-order valence-corrected chi connectivity index (χ3v) is 3.65. The molecule has 130 valence electrons. The molecule has 5 nitrogen and oxygen atoms in total. The first-order valence-corrected chi connectivity index (χ1v) is 7.61. The van der Waals surface area contributed by atoms with Crippen molar-refractivity contribution in [2.45, 2.75) is 6.92 Å². The minimum Gasteiger partial charge on any atom is -0.627 e. The molecular weight excluding hydrogens is 331 g/mol. The number of hydrogen-bond donors (Lipinski definition) is 0. The van der Waals surface area contributed by atoms with Crippen LogP contribution in [-0.4, -0.2) is 31.5 Å². The zero-order valence-electron chi connectivity index (χ0n) is 14.0. The summed E-state index contributed by atoms with van der Waals surface area (Å²) < 4.78 is 43.3. The van der Waals surface area contributed by atoms with E-state index < -0.39 is 12.7 Å². The van der Waals surface area contributed by atoms with Crippen LogP contribution in [0.3, 0.4) is 0 Å². The summed E-state index contributed by atoms with van der Waals surface area (Å²) in [5.74, 6) is -0.343. The molecule has 0 atom stereocenters. The van der Waals surface area contributed by atoms with E-state index in [2.05, 4.69) is 9.31 Å². The van der Waals surface area contributed by atoms with E-state index in [1.807, 2.05) is 43.0 Å². The highest BCUT2D eigenvalue weighted by Gasteiger charge is 2.40. The van der Waals surface area contributed by atoms with E-state index in [9.17, 15) is 13.4 Å². The summed E-state index contributed by atoms with van der Waals surface area (Å²) in [5, 5.41) is 0. The Hall–Kier alpha value is -2.90. The third-order valence-electron chi connectivity index (χ3n) is 3.65. The minimum absolute atomic E-state index is 0.153. The van der Waals surface area contributed by atoms with Gasteiger partial charge in [-0.15, -0.1) is 0 Å². The van der Waals surface area contributed by atoms with E-state index in [4.69, 9.17) is 4.42 Å². The van der Waals surface area contributed by atoms with Crippen LogP contribution in [0.2, 0.25) is 0 Å². The summed E-state index contributed by atoms with van der Waals surface area (Å²) in [5.41, 5.74) is 0.828. The van der Waals surface area contributed by atoms with Gasteiger partial charge in [-0.3, -0.25) is 0 Å². The summed E-state index contributed by atoms with van der Waals surface area (Å²) in [6, 6.07) is 1.24. The predicted octanol–water partition coefficient (Wildman–Crippen LogP) is 2.84. The van der Waals surface area contributed by atoms with E-state index in [0.29, 0.717) is 0 Å². The maximum atomic E-state index is 13.7. The molecule has 2 aliphatic rings. The van der Waals surface area contributed by atoms with E-state index in [1.54, 1.807) is 6.08 Å². The molecule has 3 rings (SSSR count). The fourth-order valence-electron chi connectivity index (χ4n) is 2.46. The number of nitrogens with zero attached hydrogens (tertiary/aromatic N) is 1. The maximum absolute atomic E-state index is 13.7. The van der Waals surface area contributed by atoms with Crippen molar-refractivity contribution in [3.63, 3.8) is 0 Å². The molecule has 25 heavy (non-hydrogen) atoms. The fraction of sp³-hybridized carbons (Fsp3) is 0.176. The maximum Gasteiger partial charge on any atom is 0.725 e. The molecule has 0 spiro atoms. The van der Waals surface area contributed by atoms with Gasteiger partial charge >= 0.3 is 12.7 Å². The Kier molecular flexibility index (Phi) is 4.20. The first kappa shape index (κ1) is 16.9. The van der Waals surface area contributed by atoms with Gasteiger partial charge in [0.1, 0.15) is 25.4 Å². The molecule has 0 bridgehead atoms. The average Bonchev–Trinajstić information content (AvgIpc) is 2.51. The van der Waals surface area contributed by atoms with Crippen LogP contribution >= 0.6 is 0 Å². The van der Waals surface area contributed by atoms with E-state index in [0.717, 1.165) is 11.3 Å². The van der Waals surface area contributed by atoms with Gasteiger partial charge in [0.2, 0.25) is 0 Å². The van der Waals surface area contributed by atoms with Crippen LogP contribution in [0.25, 0.3) is 5.76 Å². The van der Waals surface area contributed by atoms with Crippen molar-refractivity contribution in [1.29, 1.82) is 0 Å². The molecule has 0 saturated carbocycles. The molecule has 0 radical (unpaired) electrons. The van der Waals surface area contributed by atoms with Gasteiger partial charge in [0.25, 0.3) is 0 Å². The van der Waals surface area contributed by atoms with Gasteiger partial charge in [0, 0.05) is 18.2 Å². The Morgan fingerprint density at radius 3 is 2.40 bits per heavy atom. The van der Waals surface area contributed by atoms with Gasteiger partial charge in [-0.1, -0.05) is 6.08 Å². The van der Waals surface area contributed by atoms with E-state index in [1.165, 1.54) is 19.1 Å². The van der Waals surface area contributed by atoms with Crippen molar-refractivity contribution >= 4 is 18.6 Å². The van der Waals surface area contributed by atoms with E-state index >= 15 is 0 Å². The van der Waals surface area contributed by atoms with Crippen molar-refractivity contribution in [3.05, 3.63) is 69.8 Å². The lowest BCUT2D eigenvalue weighted by Crippen LogP contribution is -2.40. The van der Waals surface area contributed by atoms with Gasteiger partial charge in [0.05, 0.1) is 11.5 Å². The summed E-state index contributed by atoms with van der Waals surface area (Å²) in [4.78, 5) is 12.0. The van der Waals surface area contributed by atoms with Gasteiger partial charge in [-0.2, -0.15) is 0 Å². The standard InChI is InChI=1S/C17H16BF2NO4/c1-11-10-15-16(17(22)23-11)14(24-18(19,20)25-15)9-6-12-4-7-13(8-5-12)21(2)3/h4-10H,1-3H3. The summed E-state index contributed by atoms with van der Waals surface area (Å²) >= 11 is 0. The van der Waals surface area contributed by atoms with Crippen LogP contribution in [-0.2, 0) is 4.65 Å². The topological polar surface area (TPSA) is 51.7 Å². The Bertz CT molecular complexity index is 916. The quantitative estimate of drug-likeness (QED) is 0.579.